The van der Waals surface area contributed by atoms with Crippen molar-refractivity contribution in [3.63, 3.8) is 0 Å². The topological polar surface area (TPSA) is 70.7 Å². The molecule has 7 heteroatoms. The maximum absolute atomic E-state index is 12.9. The van der Waals surface area contributed by atoms with Gasteiger partial charge in [0.25, 0.3) is 5.91 Å². The third kappa shape index (κ3) is 2.34. The minimum Gasteiger partial charge on any atom is -0.319 e. The van der Waals surface area contributed by atoms with Gasteiger partial charge in [-0.05, 0) is 18.2 Å². The molecule has 2 N–H and O–H groups in total. The van der Waals surface area contributed by atoms with Crippen molar-refractivity contribution < 1.29 is 9.18 Å². The van der Waals surface area contributed by atoms with Crippen molar-refractivity contribution in [3.05, 3.63) is 41.2 Å². The van der Waals surface area contributed by atoms with E-state index in [0.29, 0.717) is 0 Å². The minimum absolute atomic E-state index is 0.0420. The van der Waals surface area contributed by atoms with Crippen LogP contribution in [0.5, 0.6) is 0 Å². The van der Waals surface area contributed by atoms with E-state index in [1.54, 1.807) is 0 Å². The summed E-state index contributed by atoms with van der Waals surface area (Å²) in [5.74, 6) is -1.00. The smallest absolute Gasteiger partial charge is 0.292 e. The summed E-state index contributed by atoms with van der Waals surface area (Å²) in [5, 5.41) is 8.54. The van der Waals surface area contributed by atoms with Crippen LogP contribution in [0.3, 0.4) is 0 Å². The molecule has 2 rings (SSSR count). The molecule has 0 aliphatic rings. The lowest BCUT2D eigenvalue weighted by atomic mass is 10.3. The molecule has 0 atom stereocenters. The lowest BCUT2D eigenvalue weighted by Crippen LogP contribution is -2.13. The second kappa shape index (κ2) is 4.28. The van der Waals surface area contributed by atoms with Gasteiger partial charge in [-0.2, -0.15) is 5.10 Å². The number of carbonyl (C=O) groups excluding carboxylic acids is 1. The summed E-state index contributed by atoms with van der Waals surface area (Å²) in [6, 6.07) is 3.73. The average Bonchev–Trinajstić information content (AvgIpc) is 2.68. The maximum Gasteiger partial charge on any atom is 0.292 e. The molecule has 0 radical (unpaired) electrons. The van der Waals surface area contributed by atoms with Crippen LogP contribution in [0.4, 0.5) is 10.1 Å². The van der Waals surface area contributed by atoms with Crippen LogP contribution in [0.15, 0.2) is 24.5 Å². The molecule has 5 nitrogen and oxygen atoms in total. The molecule has 0 aliphatic heterocycles. The molecule has 1 amide bonds. The van der Waals surface area contributed by atoms with Crippen LogP contribution in [0.25, 0.3) is 0 Å². The quantitative estimate of drug-likeness (QED) is 0.842. The Labute approximate surface area is 94.7 Å². The van der Waals surface area contributed by atoms with Crippen LogP contribution in [-0.2, 0) is 0 Å². The number of anilines is 1. The predicted octanol–water partition coefficient (Wildman–Crippen LogP) is 1.85. The molecule has 1 aromatic heterocycles. The first-order chi connectivity index (χ1) is 7.65. The molecule has 0 spiro atoms. The zero-order valence-electron chi connectivity index (χ0n) is 7.87. The number of hydrogen-bond donors (Lipinski definition) is 2. The number of hydrogen-bond acceptors (Lipinski definition) is 3. The Kier molecular flexibility index (Phi) is 2.82. The summed E-state index contributed by atoms with van der Waals surface area (Å²) < 4.78 is 12.9. The van der Waals surface area contributed by atoms with Crippen molar-refractivity contribution in [1.82, 2.24) is 15.2 Å². The van der Waals surface area contributed by atoms with E-state index in [0.717, 1.165) is 12.1 Å². The van der Waals surface area contributed by atoms with Crippen molar-refractivity contribution in [2.45, 2.75) is 0 Å². The number of H-pyrrole nitrogens is 1. The Morgan fingerprint density at radius 3 is 2.88 bits per heavy atom. The van der Waals surface area contributed by atoms with Gasteiger partial charge < -0.3 is 5.32 Å². The van der Waals surface area contributed by atoms with E-state index in [2.05, 4.69) is 20.5 Å². The second-order valence-electron chi connectivity index (χ2n) is 2.95. The molecule has 1 heterocycles. The van der Waals surface area contributed by atoms with Gasteiger partial charge in [-0.1, -0.05) is 11.6 Å². The van der Waals surface area contributed by atoms with Crippen molar-refractivity contribution in [1.29, 1.82) is 0 Å². The predicted molar refractivity (Wildman–Crippen MR) is 55.7 cm³/mol. The van der Waals surface area contributed by atoms with Gasteiger partial charge in [0.15, 0.2) is 0 Å². The summed E-state index contributed by atoms with van der Waals surface area (Å²) in [6.45, 7) is 0. The fraction of sp³-hybridized carbons (Fsp3) is 0. The molecule has 16 heavy (non-hydrogen) atoms. The van der Waals surface area contributed by atoms with Crippen molar-refractivity contribution in [3.8, 4) is 0 Å². The first-order valence-electron chi connectivity index (χ1n) is 4.28. The number of aromatic amines is 1. The Morgan fingerprint density at radius 2 is 2.25 bits per heavy atom. The SMILES string of the molecule is O=C(Nc1cc(F)cc(Cl)c1)c1ncn[nH]1. The van der Waals surface area contributed by atoms with E-state index >= 15 is 0 Å². The van der Waals surface area contributed by atoms with Crippen LogP contribution in [0.1, 0.15) is 10.6 Å². The van der Waals surface area contributed by atoms with E-state index in [9.17, 15) is 9.18 Å². The average molecular weight is 241 g/mol. The van der Waals surface area contributed by atoms with Gasteiger partial charge in [0.05, 0.1) is 0 Å². The summed E-state index contributed by atoms with van der Waals surface area (Å²) >= 11 is 5.63. The maximum atomic E-state index is 12.9. The number of rotatable bonds is 2. The molecular formula is C9H6ClFN4O. The molecular weight excluding hydrogens is 235 g/mol. The van der Waals surface area contributed by atoms with Gasteiger partial charge in [0.1, 0.15) is 12.1 Å². The number of nitrogens with one attached hydrogen (secondary N) is 2. The second-order valence-corrected chi connectivity index (χ2v) is 3.38. The number of benzene rings is 1. The lowest BCUT2D eigenvalue weighted by molar-refractivity contribution is 0.101. The van der Waals surface area contributed by atoms with Crippen LogP contribution in [0.2, 0.25) is 5.02 Å². The summed E-state index contributed by atoms with van der Waals surface area (Å²) in [6.07, 6.45) is 1.20. The Balaban J connectivity index is 2.18. The fourth-order valence-corrected chi connectivity index (χ4v) is 1.35. The molecule has 82 valence electrons. The van der Waals surface area contributed by atoms with Crippen LogP contribution >= 0.6 is 11.6 Å². The van der Waals surface area contributed by atoms with E-state index in [1.165, 1.54) is 12.4 Å². The molecule has 0 saturated carbocycles. The zero-order valence-corrected chi connectivity index (χ0v) is 8.62. The van der Waals surface area contributed by atoms with Crippen molar-refractivity contribution in [2.75, 3.05) is 5.32 Å². The van der Waals surface area contributed by atoms with Crippen molar-refractivity contribution in [2.24, 2.45) is 0 Å². The largest absolute Gasteiger partial charge is 0.319 e. The standard InChI is InChI=1S/C9H6ClFN4O/c10-5-1-6(11)3-7(2-5)14-9(16)8-12-4-13-15-8/h1-4H,(H,14,16)(H,12,13,15). The molecule has 0 aliphatic carbocycles. The number of carbonyl (C=O) groups is 1. The Hall–Kier alpha value is -1.95. The highest BCUT2D eigenvalue weighted by atomic mass is 35.5. The first-order valence-corrected chi connectivity index (χ1v) is 4.66. The third-order valence-corrected chi connectivity index (χ3v) is 1.97. The highest BCUT2D eigenvalue weighted by Gasteiger charge is 2.09. The van der Waals surface area contributed by atoms with Crippen molar-refractivity contribution >= 4 is 23.2 Å². The number of aromatic nitrogens is 3. The van der Waals surface area contributed by atoms with Crippen LogP contribution < -0.4 is 5.32 Å². The molecule has 0 bridgehead atoms. The zero-order chi connectivity index (χ0) is 11.5. The number of nitrogens with zero attached hydrogens (tertiary/aromatic N) is 2. The van der Waals surface area contributed by atoms with E-state index in [1.807, 2.05) is 0 Å². The van der Waals surface area contributed by atoms with Gasteiger partial charge in [-0.25, -0.2) is 9.37 Å². The third-order valence-electron chi connectivity index (χ3n) is 1.75. The van der Waals surface area contributed by atoms with Crippen LogP contribution in [0, 0.1) is 5.82 Å². The van der Waals surface area contributed by atoms with E-state index in [-0.39, 0.29) is 16.5 Å². The highest BCUT2D eigenvalue weighted by molar-refractivity contribution is 6.31. The Morgan fingerprint density at radius 1 is 1.44 bits per heavy atom. The number of amides is 1. The van der Waals surface area contributed by atoms with Gasteiger partial charge in [0, 0.05) is 10.7 Å². The minimum atomic E-state index is -0.527. The summed E-state index contributed by atoms with van der Waals surface area (Å²) in [5.41, 5.74) is 0.256. The van der Waals surface area contributed by atoms with E-state index < -0.39 is 11.7 Å². The molecule has 1 aromatic carbocycles. The molecule has 0 unspecified atom stereocenters. The summed E-state index contributed by atoms with van der Waals surface area (Å²) in [7, 11) is 0. The highest BCUT2D eigenvalue weighted by Crippen LogP contribution is 2.18. The summed E-state index contributed by atoms with van der Waals surface area (Å²) in [4.78, 5) is 15.1. The van der Waals surface area contributed by atoms with Gasteiger partial charge >= 0.3 is 0 Å². The molecule has 0 fully saturated rings. The first kappa shape index (κ1) is 10.6. The van der Waals surface area contributed by atoms with Crippen LogP contribution in [-0.4, -0.2) is 21.1 Å². The monoisotopic (exact) mass is 240 g/mol. The Bertz CT molecular complexity index is 494. The van der Waals surface area contributed by atoms with Gasteiger partial charge in [-0.15, -0.1) is 0 Å². The van der Waals surface area contributed by atoms with Gasteiger partial charge in [0.2, 0.25) is 5.82 Å². The van der Waals surface area contributed by atoms with Gasteiger partial charge in [-0.3, -0.25) is 9.89 Å². The normalized spacial score (nSPS) is 10.1. The molecule has 0 saturated heterocycles. The lowest BCUT2D eigenvalue weighted by Gasteiger charge is -2.03. The fourth-order valence-electron chi connectivity index (χ4n) is 1.13. The number of halogens is 2. The molecule has 2 aromatic rings. The van der Waals surface area contributed by atoms with E-state index in [4.69, 9.17) is 11.6 Å².